The van der Waals surface area contributed by atoms with Crippen molar-refractivity contribution >= 4 is 5.97 Å². The molecule has 21 saturated heterocycles. The highest BCUT2D eigenvalue weighted by molar-refractivity contribution is 5.93. The van der Waals surface area contributed by atoms with Gasteiger partial charge in [0.2, 0.25) is 0 Å². The van der Waals surface area contributed by atoms with Gasteiger partial charge in [0.25, 0.3) is 0 Å². The van der Waals surface area contributed by atoms with Crippen molar-refractivity contribution < 1.29 is 187 Å². The molecule has 1 aromatic rings. The van der Waals surface area contributed by atoms with Crippen LogP contribution >= 0.6 is 0 Å². The number of para-hydroxylation sites is 1. The number of aliphatic hydroxyl groups is 20. The smallest absolute Gasteiger partial charge is 0.342 e. The van der Waals surface area contributed by atoms with E-state index in [4.69, 9.17) is 80.5 Å². The molecule has 38 heteroatoms. The van der Waals surface area contributed by atoms with Crippen molar-refractivity contribution in [2.24, 2.45) is 0 Å². The van der Waals surface area contributed by atoms with Crippen LogP contribution < -0.4 is 9.47 Å². The van der Waals surface area contributed by atoms with E-state index in [1.54, 1.807) is 0 Å². The largest absolute Gasteiger partial charge is 0.493 e. The van der Waals surface area contributed by atoms with Crippen LogP contribution in [0.4, 0.5) is 0 Å². The summed E-state index contributed by atoms with van der Waals surface area (Å²) in [7, 11) is 2.51. The van der Waals surface area contributed by atoms with E-state index in [1.807, 2.05) is 0 Å². The number of esters is 1. The zero-order valence-corrected chi connectivity index (χ0v) is 47.2. The molecule has 35 atom stereocenters. The number of rotatable bonds is 11. The molecule has 1 aromatic carbocycles. The first kappa shape index (κ1) is 70.3. The van der Waals surface area contributed by atoms with Gasteiger partial charge in [0, 0.05) is 0 Å². The minimum Gasteiger partial charge on any atom is -0.493 e. The number of methoxy groups -OCH3 is 2. The van der Waals surface area contributed by atoms with Gasteiger partial charge in [0.05, 0.1) is 53.9 Å². The van der Waals surface area contributed by atoms with E-state index in [0.717, 1.165) is 0 Å². The molecule has 38 nitrogen and oxygen atoms in total. The van der Waals surface area contributed by atoms with Crippen LogP contribution in [0.15, 0.2) is 18.2 Å². The quantitative estimate of drug-likeness (QED) is 0.0915. The summed E-state index contributed by atoms with van der Waals surface area (Å²) >= 11 is 0. The number of ether oxygens (including phenoxy) is 17. The lowest BCUT2D eigenvalue weighted by molar-refractivity contribution is -0.396. The highest BCUT2D eigenvalue weighted by Crippen LogP contribution is 2.40. The molecule has 20 N–H and O–H groups in total. The molecule has 21 fully saturated rings. The Morgan fingerprint density at radius 2 is 0.551 bits per heavy atom. The predicted molar refractivity (Wildman–Crippen MR) is 271 cm³/mol. The first-order valence-electron chi connectivity index (χ1n) is 28.2. The Hall–Kier alpha value is -3.07. The summed E-state index contributed by atoms with van der Waals surface area (Å²) in [6.45, 7) is -7.45. The second kappa shape index (κ2) is 30.1. The van der Waals surface area contributed by atoms with Crippen molar-refractivity contribution in [3.63, 3.8) is 0 Å². The average Bonchev–Trinajstić information content (AvgIpc) is 1.14. The summed E-state index contributed by atoms with van der Waals surface area (Å²) in [5.41, 5.74) is -0.210. The van der Waals surface area contributed by atoms with Crippen LogP contribution in [0.1, 0.15) is 10.4 Å². The number of carbonyl (C=O) groups is 1. The van der Waals surface area contributed by atoms with Crippen molar-refractivity contribution in [1.29, 1.82) is 0 Å². The number of hydrogen-bond acceptors (Lipinski definition) is 38. The van der Waals surface area contributed by atoms with Crippen molar-refractivity contribution in [3.8, 4) is 11.5 Å². The van der Waals surface area contributed by atoms with Crippen LogP contribution in [-0.2, 0) is 71.1 Å². The van der Waals surface area contributed by atoms with Gasteiger partial charge >= 0.3 is 5.97 Å². The maximum absolute atomic E-state index is 13.7. The average molecular weight is 1300 g/mol. The van der Waals surface area contributed by atoms with Crippen LogP contribution in [0.5, 0.6) is 11.5 Å². The van der Waals surface area contributed by atoms with Gasteiger partial charge in [-0.15, -0.1) is 0 Å². The molecule has 0 spiro atoms. The molecule has 89 heavy (non-hydrogen) atoms. The van der Waals surface area contributed by atoms with E-state index in [1.165, 1.54) is 32.4 Å². The van der Waals surface area contributed by atoms with E-state index in [9.17, 15) is 107 Å². The first-order chi connectivity index (χ1) is 42.5. The summed E-state index contributed by atoms with van der Waals surface area (Å²) in [6.07, 6.45) is -72.4. The molecular formula is C51H78O38. The molecule has 14 bridgehead atoms. The summed E-state index contributed by atoms with van der Waals surface area (Å²) < 4.78 is 97.1. The van der Waals surface area contributed by atoms with Gasteiger partial charge in [0.15, 0.2) is 55.5 Å². The zero-order chi connectivity index (χ0) is 64.6. The standard InChI is InChI=1S/C51H78O38/c1-73-14-5-3-4-13(36(14)74-2)44(72)75-12-21-43-28(64)35(71)51(82-21)88-42-20(11-57)80-49(33(69)26(42)62)86-40-18(9-55)78-47(31(67)24(40)60)84-38-16(7-53)76-45(29(65)22(38)58)83-37-15(6-52)77-46(30(66)23(37)59)85-39-17(8-54)79-48(32(68)25(39)61)87-41-19(10-56)81-50(89-43)34(70)27(41)63/h3-5,15-35,37-43,45-71H,6-12H2,1-2H3/t15-,16-,17-,18-,19-,20-,21-,22-,23-,24-,25-,26-,27-,28-,29-,30-,31-,32-,33-,34-,35-,37-,38-,39-,40-,41-,42-,43-,45-,46-,47-,48-,49-,50-,51-/m1/s1. The van der Waals surface area contributed by atoms with Gasteiger partial charge in [0.1, 0.15) is 183 Å². The molecule has 510 valence electrons. The molecule has 0 aromatic heterocycles. The van der Waals surface area contributed by atoms with Crippen molar-refractivity contribution in [2.75, 3.05) is 60.5 Å². The van der Waals surface area contributed by atoms with Crippen LogP contribution in [0.2, 0.25) is 0 Å². The Bertz CT molecular complexity index is 2390. The third-order valence-electron chi connectivity index (χ3n) is 16.6. The van der Waals surface area contributed by atoms with E-state index in [-0.39, 0.29) is 17.1 Å². The fourth-order valence-corrected chi connectivity index (χ4v) is 11.7. The van der Waals surface area contributed by atoms with Crippen LogP contribution in [0.3, 0.4) is 0 Å². The number of hydrogen-bond donors (Lipinski definition) is 20. The van der Waals surface area contributed by atoms with E-state index < -0.39 is 267 Å². The van der Waals surface area contributed by atoms with E-state index in [2.05, 4.69) is 0 Å². The second-order valence-corrected chi connectivity index (χ2v) is 22.1. The SMILES string of the molecule is COc1cccc(C(=O)OC[C@H]2O[C@@H]3O[C@H]4[C@H](O)[C@@H](O)[C@@H](O[C@H]5[C@H](O)[C@@H](O)[C@@H](O[C@H]6[C@H](O)[C@@H](O)[C@@H](O[C@H]7[C@H](O)[C@@H](O)[C@@H](O[C@H]8[C@H](O)[C@@H](O)[C@@H](O[C@H]9[C@H](O)[C@@H](O)[C@@H](O[C@H]2[C@H](O)[C@H]3O)O[C@@H]9CO)O[C@@H]8CO)O[C@@H]7CO)O[C@@H]6CO)O[C@@H]5CO)O[C@@H]4CO)c1OC. The van der Waals surface area contributed by atoms with Crippen molar-refractivity contribution in [1.82, 2.24) is 0 Å². The monoisotopic (exact) mass is 1300 g/mol. The molecule has 0 unspecified atom stereocenters. The summed E-state index contributed by atoms with van der Waals surface area (Å²) in [5, 5.41) is 224. The van der Waals surface area contributed by atoms with E-state index in [0.29, 0.717) is 0 Å². The third-order valence-corrected chi connectivity index (χ3v) is 16.6. The summed E-state index contributed by atoms with van der Waals surface area (Å²) in [6, 6.07) is 4.16. The van der Waals surface area contributed by atoms with Crippen LogP contribution in [0.25, 0.3) is 0 Å². The fraction of sp³-hybridized carbons (Fsp3) is 0.863. The molecule has 0 radical (unpaired) electrons. The number of carbonyl (C=O) groups excluding carboxylic acids is 1. The minimum absolute atomic E-state index is 0.0915. The molecule has 21 aliphatic heterocycles. The highest BCUT2D eigenvalue weighted by atomic mass is 16.8. The normalized spacial score (nSPS) is 49.3. The molecular weight excluding hydrogens is 1220 g/mol. The lowest BCUT2D eigenvalue weighted by Gasteiger charge is -2.50. The predicted octanol–water partition coefficient (Wildman–Crippen LogP) is -13.3. The topological polar surface area (TPSA) is 579 Å². The Labute approximate surface area is 503 Å². The van der Waals surface area contributed by atoms with Gasteiger partial charge in [-0.25, -0.2) is 4.79 Å². The lowest BCUT2D eigenvalue weighted by Crippen LogP contribution is -2.68. The van der Waals surface area contributed by atoms with Crippen molar-refractivity contribution in [2.45, 2.75) is 215 Å². The maximum atomic E-state index is 13.7. The van der Waals surface area contributed by atoms with Crippen LogP contribution in [0, 0.1) is 0 Å². The van der Waals surface area contributed by atoms with Gasteiger partial charge in [-0.2, -0.15) is 0 Å². The highest BCUT2D eigenvalue weighted by Gasteiger charge is 2.60. The number of aliphatic hydroxyl groups excluding tert-OH is 20. The fourth-order valence-electron chi connectivity index (χ4n) is 11.7. The minimum atomic E-state index is -2.32. The molecule has 21 aliphatic rings. The summed E-state index contributed by atoms with van der Waals surface area (Å²) in [4.78, 5) is 13.7. The lowest BCUT2D eigenvalue weighted by atomic mass is 9.95. The molecule has 22 rings (SSSR count). The Kier molecular flexibility index (Phi) is 23.8. The Morgan fingerprint density at radius 3 is 0.764 bits per heavy atom. The Balaban J connectivity index is 1.03. The maximum Gasteiger partial charge on any atom is 0.342 e. The molecule has 21 heterocycles. The first-order valence-corrected chi connectivity index (χ1v) is 28.2. The van der Waals surface area contributed by atoms with Gasteiger partial charge in [-0.3, -0.25) is 0 Å². The zero-order valence-electron chi connectivity index (χ0n) is 47.2. The molecule has 0 aliphatic carbocycles. The van der Waals surface area contributed by atoms with Gasteiger partial charge < -0.3 is 183 Å². The third kappa shape index (κ3) is 14.0. The number of benzene rings is 1. The Morgan fingerprint density at radius 1 is 0.326 bits per heavy atom. The van der Waals surface area contributed by atoms with Gasteiger partial charge in [-0.1, -0.05) is 6.07 Å². The van der Waals surface area contributed by atoms with Crippen LogP contribution in [-0.4, -0.2) is 384 Å². The van der Waals surface area contributed by atoms with E-state index >= 15 is 0 Å². The summed E-state index contributed by atoms with van der Waals surface area (Å²) in [5.74, 6) is -1.11. The second-order valence-electron chi connectivity index (χ2n) is 22.1. The molecule has 0 amide bonds. The molecule has 0 saturated carbocycles. The van der Waals surface area contributed by atoms with Crippen molar-refractivity contribution in [3.05, 3.63) is 23.8 Å². The van der Waals surface area contributed by atoms with Gasteiger partial charge in [-0.05, 0) is 12.1 Å².